The Morgan fingerprint density at radius 2 is 0.690 bits per heavy atom. The lowest BCUT2D eigenvalue weighted by molar-refractivity contribution is 0.660. The summed E-state index contributed by atoms with van der Waals surface area (Å²) in [7, 11) is 0. The number of hydrogen-bond donors (Lipinski definition) is 0. The number of rotatable bonds is 3. The van der Waals surface area contributed by atoms with Crippen LogP contribution in [0.1, 0.15) is 49.9 Å². The lowest BCUT2D eigenvalue weighted by Gasteiger charge is -2.22. The van der Waals surface area contributed by atoms with E-state index in [4.69, 9.17) is 0 Å². The summed E-state index contributed by atoms with van der Waals surface area (Å²) in [5.74, 6) is 0. The predicted molar refractivity (Wildman–Crippen MR) is 178 cm³/mol. The van der Waals surface area contributed by atoms with Crippen LogP contribution in [0.3, 0.4) is 0 Å². The molecule has 0 fully saturated rings. The molecule has 0 aromatic heterocycles. The van der Waals surface area contributed by atoms with E-state index in [1.807, 2.05) is 0 Å². The topological polar surface area (TPSA) is 0 Å². The molecule has 6 aromatic carbocycles. The van der Waals surface area contributed by atoms with Crippen LogP contribution in [0.5, 0.6) is 0 Å². The second-order valence-corrected chi connectivity index (χ2v) is 12.9. The Bertz CT molecular complexity index is 2030. The maximum atomic E-state index is 2.39. The number of benzene rings is 6. The summed E-state index contributed by atoms with van der Waals surface area (Å²) in [6.45, 7) is 9.42. The molecular formula is C42H34. The van der Waals surface area contributed by atoms with Crippen molar-refractivity contribution in [3.05, 3.63) is 156 Å². The van der Waals surface area contributed by atoms with E-state index in [9.17, 15) is 0 Å². The molecule has 0 amide bonds. The smallest absolute Gasteiger partial charge is 0.0159 e. The Morgan fingerprint density at radius 3 is 1.29 bits per heavy atom. The predicted octanol–water partition coefficient (Wildman–Crippen LogP) is 11.3. The molecule has 8 rings (SSSR count). The molecule has 0 unspecified atom stereocenters. The summed E-state index contributed by atoms with van der Waals surface area (Å²) in [5, 5.41) is 0. The minimum absolute atomic E-state index is 0.0100. The molecule has 0 nitrogen and oxygen atoms in total. The van der Waals surface area contributed by atoms with Gasteiger partial charge in [-0.25, -0.2) is 0 Å². The summed E-state index contributed by atoms with van der Waals surface area (Å²) in [6.07, 6.45) is 0. The van der Waals surface area contributed by atoms with Crippen LogP contribution < -0.4 is 0 Å². The fourth-order valence-corrected chi connectivity index (χ4v) is 7.80. The second kappa shape index (κ2) is 8.91. The van der Waals surface area contributed by atoms with Gasteiger partial charge in [0.1, 0.15) is 0 Å². The van der Waals surface area contributed by atoms with E-state index in [1.165, 1.54) is 77.9 Å². The van der Waals surface area contributed by atoms with Crippen molar-refractivity contribution in [2.45, 2.75) is 38.5 Å². The van der Waals surface area contributed by atoms with Gasteiger partial charge in [0.05, 0.1) is 0 Å². The van der Waals surface area contributed by atoms with Crippen LogP contribution in [-0.4, -0.2) is 0 Å². The maximum Gasteiger partial charge on any atom is 0.0159 e. The Morgan fingerprint density at radius 1 is 0.310 bits per heavy atom. The molecule has 6 aromatic rings. The summed E-state index contributed by atoms with van der Waals surface area (Å²) < 4.78 is 0. The lowest BCUT2D eigenvalue weighted by atomic mass is 9.81. The van der Waals surface area contributed by atoms with E-state index in [2.05, 4.69) is 161 Å². The third-order valence-corrected chi connectivity index (χ3v) is 9.92. The van der Waals surface area contributed by atoms with Gasteiger partial charge in [0.25, 0.3) is 0 Å². The molecule has 0 saturated heterocycles. The first-order chi connectivity index (χ1) is 20.4. The van der Waals surface area contributed by atoms with Crippen LogP contribution in [0, 0.1) is 0 Å². The van der Waals surface area contributed by atoms with E-state index in [1.54, 1.807) is 0 Å². The van der Waals surface area contributed by atoms with E-state index in [0.29, 0.717) is 0 Å². The maximum absolute atomic E-state index is 2.39. The van der Waals surface area contributed by atoms with Crippen molar-refractivity contribution in [1.29, 1.82) is 0 Å². The van der Waals surface area contributed by atoms with E-state index >= 15 is 0 Å². The highest BCUT2D eigenvalue weighted by atomic mass is 14.4. The van der Waals surface area contributed by atoms with Gasteiger partial charge in [-0.2, -0.15) is 0 Å². The van der Waals surface area contributed by atoms with Gasteiger partial charge in [0, 0.05) is 10.8 Å². The molecule has 2 aliphatic carbocycles. The molecule has 2 aliphatic rings. The molecule has 0 saturated carbocycles. The quantitative estimate of drug-likeness (QED) is 0.210. The number of hydrogen-bond acceptors (Lipinski definition) is 0. The van der Waals surface area contributed by atoms with Crippen LogP contribution in [0.15, 0.2) is 133 Å². The van der Waals surface area contributed by atoms with E-state index in [0.717, 1.165) is 0 Å². The molecule has 42 heavy (non-hydrogen) atoms. The Hall–Kier alpha value is -4.68. The summed E-state index contributed by atoms with van der Waals surface area (Å²) in [6, 6.07) is 49.7. The van der Waals surface area contributed by atoms with Crippen molar-refractivity contribution in [3.63, 3.8) is 0 Å². The number of fused-ring (bicyclic) bond motifs is 6. The molecule has 0 atom stereocenters. The third kappa shape index (κ3) is 3.42. The van der Waals surface area contributed by atoms with Crippen LogP contribution in [0.25, 0.3) is 55.6 Å². The standard InChI is InChI=1S/C42H34/c1-41(2)35-22-9-7-18-33(35)39-30(20-12-24-37(39)41)28-15-11-14-27(26-28)29-16-5-6-17-31(29)32-21-13-25-38-40(32)34-19-8-10-23-36(34)42(38,3)4/h5-26H,1-4H3. The summed E-state index contributed by atoms with van der Waals surface area (Å²) in [5.41, 5.74) is 18.8. The molecule has 0 aliphatic heterocycles. The van der Waals surface area contributed by atoms with E-state index < -0.39 is 0 Å². The first-order valence-electron chi connectivity index (χ1n) is 15.0. The first-order valence-corrected chi connectivity index (χ1v) is 15.0. The second-order valence-electron chi connectivity index (χ2n) is 12.9. The summed E-state index contributed by atoms with van der Waals surface area (Å²) >= 11 is 0. The SMILES string of the molecule is CC1(C)c2ccccc2-c2c(-c3cccc(-c4ccccc4-c4cccc5c4-c4ccccc4C5(C)C)c3)cccc21. The highest BCUT2D eigenvalue weighted by Gasteiger charge is 2.38. The zero-order chi connectivity index (χ0) is 28.6. The average Bonchev–Trinajstić information content (AvgIpc) is 3.41. The molecule has 0 spiro atoms. The molecule has 0 radical (unpaired) electrons. The minimum Gasteiger partial charge on any atom is -0.0619 e. The van der Waals surface area contributed by atoms with Crippen molar-refractivity contribution in [2.75, 3.05) is 0 Å². The molecular weight excluding hydrogens is 504 g/mol. The highest BCUT2D eigenvalue weighted by Crippen LogP contribution is 2.54. The Kier molecular flexibility index (Phi) is 5.32. The van der Waals surface area contributed by atoms with Crippen LogP contribution in [0.2, 0.25) is 0 Å². The fraction of sp³-hybridized carbons (Fsp3) is 0.143. The van der Waals surface area contributed by atoms with E-state index in [-0.39, 0.29) is 10.8 Å². The monoisotopic (exact) mass is 538 g/mol. The van der Waals surface area contributed by atoms with Gasteiger partial charge in [-0.3, -0.25) is 0 Å². The fourth-order valence-electron chi connectivity index (χ4n) is 7.80. The zero-order valence-electron chi connectivity index (χ0n) is 24.7. The molecule has 0 bridgehead atoms. The Balaban J connectivity index is 1.31. The van der Waals surface area contributed by atoms with Crippen LogP contribution in [-0.2, 0) is 10.8 Å². The van der Waals surface area contributed by atoms with Crippen molar-refractivity contribution >= 4 is 0 Å². The minimum atomic E-state index is -0.0193. The van der Waals surface area contributed by atoms with Crippen molar-refractivity contribution in [1.82, 2.24) is 0 Å². The van der Waals surface area contributed by atoms with Gasteiger partial charge < -0.3 is 0 Å². The largest absolute Gasteiger partial charge is 0.0619 e. The van der Waals surface area contributed by atoms with Crippen LogP contribution >= 0.6 is 0 Å². The van der Waals surface area contributed by atoms with Crippen LogP contribution in [0.4, 0.5) is 0 Å². The highest BCUT2D eigenvalue weighted by molar-refractivity contribution is 5.98. The Labute approximate surface area is 249 Å². The van der Waals surface area contributed by atoms with Crippen molar-refractivity contribution in [3.8, 4) is 55.6 Å². The van der Waals surface area contributed by atoms with Crippen molar-refractivity contribution in [2.24, 2.45) is 0 Å². The third-order valence-electron chi connectivity index (χ3n) is 9.92. The zero-order valence-corrected chi connectivity index (χ0v) is 24.7. The summed E-state index contributed by atoms with van der Waals surface area (Å²) in [4.78, 5) is 0. The first kappa shape index (κ1) is 25.1. The van der Waals surface area contributed by atoms with Gasteiger partial charge in [0.15, 0.2) is 0 Å². The van der Waals surface area contributed by atoms with Gasteiger partial charge in [-0.15, -0.1) is 0 Å². The normalized spacial score (nSPS) is 15.0. The average molecular weight is 539 g/mol. The molecule has 0 heteroatoms. The van der Waals surface area contributed by atoms with Crippen molar-refractivity contribution < 1.29 is 0 Å². The van der Waals surface area contributed by atoms with Gasteiger partial charge in [0.2, 0.25) is 0 Å². The van der Waals surface area contributed by atoms with Gasteiger partial charge in [-0.05, 0) is 84.0 Å². The molecule has 0 heterocycles. The van der Waals surface area contributed by atoms with Gasteiger partial charge in [-0.1, -0.05) is 155 Å². The van der Waals surface area contributed by atoms with Gasteiger partial charge >= 0.3 is 0 Å². The molecule has 0 N–H and O–H groups in total. The lowest BCUT2D eigenvalue weighted by Crippen LogP contribution is -2.14. The molecule has 202 valence electrons.